The third kappa shape index (κ3) is 32.0. The molecule has 0 atom stereocenters. The summed E-state index contributed by atoms with van der Waals surface area (Å²) in [7, 11) is 0. The van der Waals surface area contributed by atoms with Crippen LogP contribution in [0.2, 0.25) is 15.1 Å². The number of halogens is 4. The molecule has 642 valence electrons. The van der Waals surface area contributed by atoms with Gasteiger partial charge in [-0.1, -0.05) is 113 Å². The Bertz CT molecular complexity index is 5240. The molecule has 0 spiro atoms. The normalized spacial score (nSPS) is 16.1. The molecule has 0 bridgehead atoms. The second-order valence-electron chi connectivity index (χ2n) is 23.9. The number of hydrogen-bond donors (Lipinski definition) is 7. The highest BCUT2D eigenvalue weighted by molar-refractivity contribution is 9.10. The summed E-state index contributed by atoms with van der Waals surface area (Å²) >= 11 is 26.5. The number of imide groups is 6. The summed E-state index contributed by atoms with van der Waals surface area (Å²) in [5.41, 5.74) is 5.04. The van der Waals surface area contributed by atoms with Crippen molar-refractivity contribution in [2.24, 2.45) is 0 Å². The zero-order valence-electron chi connectivity index (χ0n) is 65.1. The lowest BCUT2D eigenvalue weighted by molar-refractivity contribution is -0.135. The fourth-order valence-electron chi connectivity index (χ4n) is 9.17. The van der Waals surface area contributed by atoms with Crippen LogP contribution in [-0.4, -0.2) is 115 Å². The van der Waals surface area contributed by atoms with Crippen molar-refractivity contribution < 1.29 is 125 Å². The molecule has 6 heterocycles. The van der Waals surface area contributed by atoms with E-state index in [0.717, 1.165) is 87.3 Å². The monoisotopic (exact) mass is 1920 g/mol. The van der Waals surface area contributed by atoms with Crippen molar-refractivity contribution in [1.82, 2.24) is 31.9 Å². The molecular weight excluding hydrogens is 1850 g/mol. The Kier molecular flexibility index (Phi) is 40.4. The van der Waals surface area contributed by atoms with Gasteiger partial charge in [0.2, 0.25) is 0 Å². The highest BCUT2D eigenvalue weighted by Crippen LogP contribution is 2.37. The van der Waals surface area contributed by atoms with Gasteiger partial charge < -0.3 is 38.3 Å². The Morgan fingerprint density at radius 3 is 1.03 bits per heavy atom. The van der Waals surface area contributed by atoms with Crippen molar-refractivity contribution in [2.45, 2.75) is 93.6 Å². The van der Waals surface area contributed by atoms with Crippen LogP contribution in [0.4, 0.5) is 28.8 Å². The summed E-state index contributed by atoms with van der Waals surface area (Å²) < 4.78 is 31.1. The van der Waals surface area contributed by atoms with Gasteiger partial charge in [0, 0.05) is 50.2 Å². The Labute approximate surface area is 748 Å². The number of amides is 12. The zero-order chi connectivity index (χ0) is 90.9. The van der Waals surface area contributed by atoms with Crippen LogP contribution in [0.15, 0.2) is 143 Å². The summed E-state index contributed by atoms with van der Waals surface area (Å²) in [6.45, 7) is 13.7. The van der Waals surface area contributed by atoms with Gasteiger partial charge in [0.1, 0.15) is 41.3 Å². The van der Waals surface area contributed by atoms with Gasteiger partial charge in [0.15, 0.2) is 0 Å². The van der Waals surface area contributed by atoms with E-state index in [2.05, 4.69) is 47.8 Å². The van der Waals surface area contributed by atoms with Crippen molar-refractivity contribution in [3.63, 3.8) is 0 Å². The van der Waals surface area contributed by atoms with Gasteiger partial charge in [0.05, 0.1) is 55.6 Å². The molecular formula is C81H68BrCl3N6O26S6. The number of rotatable bonds is 19. The van der Waals surface area contributed by atoms with Gasteiger partial charge in [-0.15, -0.1) is 0 Å². The molecule has 6 aromatic rings. The highest BCUT2D eigenvalue weighted by Gasteiger charge is 2.31. The van der Waals surface area contributed by atoms with Crippen LogP contribution in [-0.2, 0) is 68.9 Å². The van der Waals surface area contributed by atoms with Crippen LogP contribution >= 0.6 is 121 Å². The molecule has 0 saturated carbocycles. The molecule has 6 aromatic carbocycles. The largest absolute Gasteiger partial charge is 0.426 e. The fourth-order valence-corrected chi connectivity index (χ4v) is 14.4. The van der Waals surface area contributed by atoms with Crippen molar-refractivity contribution in [3.05, 3.63) is 203 Å². The van der Waals surface area contributed by atoms with Crippen LogP contribution in [0.1, 0.15) is 125 Å². The molecule has 32 nitrogen and oxygen atoms in total. The van der Waals surface area contributed by atoms with E-state index < -0.39 is 62.4 Å². The molecule has 0 radical (unpaired) electrons. The first-order valence-electron chi connectivity index (χ1n) is 35.5. The second-order valence-corrected chi connectivity index (χ2v) is 32.0. The van der Waals surface area contributed by atoms with Crippen molar-refractivity contribution >= 4 is 267 Å². The average Bonchev–Trinajstić information content (AvgIpc) is 1.81. The number of hydrogen-bond acceptors (Lipinski definition) is 32. The minimum Gasteiger partial charge on any atom is -0.426 e. The standard InChI is InChI=1S/C14H13NO5S.C14H13NO4S.C13H10BrNO4S.3C13H10ClNO4S.CH2O/c1-2-12(17)20-10-4-3-8(5-9(10)7-16)6-11-13(18)15-14(19)21-11;1-3-12(16)19-10-5-4-9(6-8(10)2)7-11-13(17)15-14(18)20-11;1-2-11(16)19-9-4-3-7(5-8(9)14)6-10-12(17)15-13(18)20-10;1-2-11(16)19-8-4-3-7(9(14)6-8)5-10-12(17)15-13(18)20-10;1-2-11(16)19-9-4-3-7(5-8(9)14)6-10-12(17)15-13(18)20-10;1-2-10(16)19-8-5-3-4-7(11(8)14)6-9-12(17)15-13(18)20-9;1-2/h3-6,16H,2,7H2,1H3,(H,15,18,19);4-7H,3H2,1-2H3,(H,15,17,18);4*3-6H,2H2,1H3,(H,15,17,18);1H2/b11-6-;11-7-;10-6-;10-5-;10-6-;9-6-;. The second kappa shape index (κ2) is 49.6. The lowest BCUT2D eigenvalue weighted by Gasteiger charge is -2.08. The minimum absolute atomic E-state index is 0.217. The van der Waals surface area contributed by atoms with Gasteiger partial charge in [-0.2, -0.15) is 0 Å². The maximum atomic E-state index is 11.5. The number of carbonyl (C=O) groups excluding carboxylic acids is 19. The zero-order valence-corrected chi connectivity index (χ0v) is 73.9. The van der Waals surface area contributed by atoms with E-state index in [1.54, 1.807) is 163 Å². The Balaban J connectivity index is 0.000000227. The molecule has 42 heteroatoms. The first-order chi connectivity index (χ1) is 58.5. The summed E-state index contributed by atoms with van der Waals surface area (Å²) in [6, 6.07) is 29.3. The molecule has 123 heavy (non-hydrogen) atoms. The number of ether oxygens (including phenoxy) is 6. The molecule has 12 amide bonds. The van der Waals surface area contributed by atoms with E-state index in [1.165, 1.54) is 24.3 Å². The van der Waals surface area contributed by atoms with Crippen molar-refractivity contribution in [2.75, 3.05) is 0 Å². The molecule has 6 fully saturated rings. The highest BCUT2D eigenvalue weighted by atomic mass is 79.9. The number of thioether (sulfide) groups is 6. The topological polar surface area (TPSA) is 472 Å². The third-order valence-electron chi connectivity index (χ3n) is 15.0. The predicted octanol–water partition coefficient (Wildman–Crippen LogP) is 16.3. The van der Waals surface area contributed by atoms with Gasteiger partial charge >= 0.3 is 35.8 Å². The van der Waals surface area contributed by atoms with Crippen molar-refractivity contribution in [1.29, 1.82) is 0 Å². The van der Waals surface area contributed by atoms with E-state index in [-0.39, 0.29) is 121 Å². The molecule has 12 rings (SSSR count). The minimum atomic E-state index is -0.466. The molecule has 0 unspecified atom stereocenters. The van der Waals surface area contributed by atoms with Crippen LogP contribution in [0.25, 0.3) is 36.5 Å². The van der Waals surface area contributed by atoms with E-state index >= 15 is 0 Å². The number of aliphatic hydroxyl groups is 1. The first kappa shape index (κ1) is 100. The Hall–Kier alpha value is -11.5. The van der Waals surface area contributed by atoms with E-state index in [9.17, 15) is 91.4 Å². The predicted molar refractivity (Wildman–Crippen MR) is 469 cm³/mol. The third-order valence-corrected chi connectivity index (χ3v) is 21.5. The molecule has 6 aliphatic heterocycles. The maximum absolute atomic E-state index is 11.5. The van der Waals surface area contributed by atoms with E-state index in [0.29, 0.717) is 75.7 Å². The number of carbonyl (C=O) groups is 19. The van der Waals surface area contributed by atoms with Crippen LogP contribution in [0.5, 0.6) is 34.5 Å². The van der Waals surface area contributed by atoms with E-state index in [4.69, 9.17) is 68.0 Å². The molecule has 6 aliphatic rings. The Morgan fingerprint density at radius 1 is 0.358 bits per heavy atom. The first-order valence-corrected chi connectivity index (χ1v) is 42.4. The van der Waals surface area contributed by atoms with Gasteiger partial charge in [-0.3, -0.25) is 118 Å². The summed E-state index contributed by atoms with van der Waals surface area (Å²) in [5, 5.41) is 20.7. The Morgan fingerprint density at radius 2 is 0.675 bits per heavy atom. The molecule has 0 aromatic heterocycles. The van der Waals surface area contributed by atoms with Crippen LogP contribution < -0.4 is 60.3 Å². The number of nitrogens with one attached hydrogen (secondary N) is 6. The number of aryl methyl sites for hydroxylation is 1. The lowest BCUT2D eigenvalue weighted by atomic mass is 10.1. The van der Waals surface area contributed by atoms with Crippen molar-refractivity contribution in [3.8, 4) is 34.5 Å². The SMILES string of the molecule is C=O.CCC(=O)Oc1ccc(/C=C2\SC(=O)NC2=O)c(Cl)c1.CCC(=O)Oc1ccc(/C=C2\SC(=O)NC2=O)cc1Br.CCC(=O)Oc1ccc(/C=C2\SC(=O)NC2=O)cc1C.CCC(=O)Oc1ccc(/C=C2\SC(=O)NC2=O)cc1CO.CCC(=O)Oc1ccc(/C=C2\SC(=O)NC2=O)cc1Cl.CCC(=O)Oc1cccc(/C=C2\SC(=O)NC2=O)c1Cl. The molecule has 0 aliphatic carbocycles. The lowest BCUT2D eigenvalue weighted by Crippen LogP contribution is -2.17. The maximum Gasteiger partial charge on any atom is 0.310 e. The van der Waals surface area contributed by atoms with Crippen LogP contribution in [0, 0.1) is 6.92 Å². The van der Waals surface area contributed by atoms with Crippen LogP contribution in [0.3, 0.4) is 0 Å². The summed E-state index contributed by atoms with van der Waals surface area (Å²) in [5.74, 6) is -2.72. The quantitative estimate of drug-likeness (QED) is 0.0225. The molecule has 7 N–H and O–H groups in total. The summed E-state index contributed by atoms with van der Waals surface area (Å²) in [6.07, 6.45) is 10.9. The van der Waals surface area contributed by atoms with Gasteiger partial charge in [0.25, 0.3) is 66.9 Å². The number of esters is 6. The number of aliphatic hydroxyl groups excluding tert-OH is 1. The van der Waals surface area contributed by atoms with E-state index in [1.807, 2.05) is 13.7 Å². The average molecular weight is 1920 g/mol. The van der Waals surface area contributed by atoms with Gasteiger partial charge in [-0.25, -0.2) is 0 Å². The number of benzene rings is 6. The molecule has 6 saturated heterocycles. The fraction of sp³-hybridized carbons (Fsp3) is 0.173. The van der Waals surface area contributed by atoms with Gasteiger partial charge in [-0.05, 0) is 236 Å². The smallest absolute Gasteiger partial charge is 0.310 e. The summed E-state index contributed by atoms with van der Waals surface area (Å²) in [4.78, 5) is 212.